The van der Waals surface area contributed by atoms with E-state index in [-0.39, 0.29) is 11.3 Å². The second-order valence-electron chi connectivity index (χ2n) is 6.84. The third kappa shape index (κ3) is 4.59. The van der Waals surface area contributed by atoms with E-state index in [1.165, 1.54) is 0 Å². The second kappa shape index (κ2) is 7.38. The maximum absolute atomic E-state index is 12.9. The number of carbonyl (C=O) groups is 2. The Morgan fingerprint density at radius 2 is 1.64 bits per heavy atom. The molecule has 0 saturated heterocycles. The lowest BCUT2D eigenvalue weighted by Crippen LogP contribution is -2.29. The number of ether oxygens (including phenoxy) is 1. The van der Waals surface area contributed by atoms with Gasteiger partial charge >= 0.3 is 5.97 Å². The van der Waals surface area contributed by atoms with E-state index in [0.717, 1.165) is 5.56 Å². The lowest BCUT2D eigenvalue weighted by Gasteiger charge is -2.25. The molecule has 0 unspecified atom stereocenters. The van der Waals surface area contributed by atoms with Crippen molar-refractivity contribution in [2.24, 2.45) is 0 Å². The van der Waals surface area contributed by atoms with Crippen LogP contribution < -0.4 is 9.64 Å². The molecule has 2 rings (SSSR count). The predicted molar refractivity (Wildman–Crippen MR) is 97.4 cm³/mol. The lowest BCUT2D eigenvalue weighted by molar-refractivity contribution is -0.139. The van der Waals surface area contributed by atoms with Gasteiger partial charge in [-0.2, -0.15) is 0 Å². The number of hydrogen-bond donors (Lipinski definition) is 1. The Bertz CT molecular complexity index is 760. The zero-order valence-corrected chi connectivity index (χ0v) is 14.9. The number of carbonyl (C=O) groups excluding carboxylic acids is 1. The van der Waals surface area contributed by atoms with Crippen LogP contribution in [0.4, 0.5) is 5.69 Å². The van der Waals surface area contributed by atoms with Crippen LogP contribution in [0.2, 0.25) is 0 Å². The van der Waals surface area contributed by atoms with Crippen LogP contribution in [0, 0.1) is 0 Å². The highest BCUT2D eigenvalue weighted by atomic mass is 16.5. The highest BCUT2D eigenvalue weighted by molar-refractivity contribution is 6.06. The average molecular weight is 341 g/mol. The van der Waals surface area contributed by atoms with Crippen LogP contribution in [0.25, 0.3) is 0 Å². The third-order valence-corrected chi connectivity index (χ3v) is 3.86. The van der Waals surface area contributed by atoms with E-state index in [1.54, 1.807) is 36.2 Å². The summed E-state index contributed by atoms with van der Waals surface area (Å²) in [5.74, 6) is -0.679. The summed E-state index contributed by atoms with van der Waals surface area (Å²) in [6, 6.07) is 14.4. The van der Waals surface area contributed by atoms with Crippen molar-refractivity contribution < 1.29 is 19.4 Å². The van der Waals surface area contributed by atoms with Crippen molar-refractivity contribution in [2.75, 3.05) is 18.6 Å². The molecule has 25 heavy (non-hydrogen) atoms. The maximum Gasteiger partial charge on any atom is 0.341 e. The number of benzene rings is 2. The molecule has 0 spiro atoms. The van der Waals surface area contributed by atoms with Crippen molar-refractivity contribution in [3.63, 3.8) is 0 Å². The molecule has 0 aliphatic carbocycles. The molecular weight excluding hydrogens is 318 g/mol. The zero-order valence-electron chi connectivity index (χ0n) is 14.9. The van der Waals surface area contributed by atoms with Crippen LogP contribution in [0.5, 0.6) is 5.75 Å². The fraction of sp³-hybridized carbons (Fsp3) is 0.300. The van der Waals surface area contributed by atoms with Gasteiger partial charge in [-0.1, -0.05) is 39.0 Å². The quantitative estimate of drug-likeness (QED) is 0.900. The van der Waals surface area contributed by atoms with Crippen molar-refractivity contribution in [1.29, 1.82) is 0 Å². The lowest BCUT2D eigenvalue weighted by atomic mass is 9.83. The minimum absolute atomic E-state index is 0.0928. The van der Waals surface area contributed by atoms with Crippen LogP contribution in [0.3, 0.4) is 0 Å². The fourth-order valence-electron chi connectivity index (χ4n) is 2.53. The number of amides is 1. The Balaban J connectivity index is 2.22. The Labute approximate surface area is 147 Å². The van der Waals surface area contributed by atoms with Crippen LogP contribution in [-0.4, -0.2) is 30.6 Å². The van der Waals surface area contributed by atoms with E-state index < -0.39 is 12.6 Å². The highest BCUT2D eigenvalue weighted by Crippen LogP contribution is 2.28. The van der Waals surface area contributed by atoms with Crippen molar-refractivity contribution >= 4 is 17.6 Å². The topological polar surface area (TPSA) is 66.8 Å². The number of carboxylic acid groups (broad SMARTS) is 1. The van der Waals surface area contributed by atoms with Gasteiger partial charge in [0.05, 0.1) is 0 Å². The van der Waals surface area contributed by atoms with Crippen molar-refractivity contribution in [3.05, 3.63) is 59.7 Å². The summed E-state index contributed by atoms with van der Waals surface area (Å²) in [4.78, 5) is 25.0. The smallest absolute Gasteiger partial charge is 0.341 e. The summed E-state index contributed by atoms with van der Waals surface area (Å²) >= 11 is 0. The Morgan fingerprint density at radius 1 is 1.04 bits per heavy atom. The molecule has 1 amide bonds. The molecule has 0 atom stereocenters. The monoisotopic (exact) mass is 341 g/mol. The SMILES string of the molecule is CN(C(=O)c1ccccc1C(C)(C)C)c1ccc(OCC(=O)O)cc1. The molecule has 0 fully saturated rings. The fourth-order valence-corrected chi connectivity index (χ4v) is 2.53. The summed E-state index contributed by atoms with van der Waals surface area (Å²) < 4.78 is 5.11. The molecule has 2 aromatic carbocycles. The second-order valence-corrected chi connectivity index (χ2v) is 6.84. The molecule has 0 bridgehead atoms. The van der Waals surface area contributed by atoms with E-state index >= 15 is 0 Å². The van der Waals surface area contributed by atoms with Gasteiger partial charge in [0.15, 0.2) is 6.61 Å². The van der Waals surface area contributed by atoms with E-state index in [1.807, 2.05) is 24.3 Å². The largest absolute Gasteiger partial charge is 0.482 e. The Kier molecular flexibility index (Phi) is 5.47. The number of nitrogens with zero attached hydrogens (tertiary/aromatic N) is 1. The third-order valence-electron chi connectivity index (χ3n) is 3.86. The van der Waals surface area contributed by atoms with Crippen LogP contribution in [0.15, 0.2) is 48.5 Å². The Hall–Kier alpha value is -2.82. The van der Waals surface area contributed by atoms with Gasteiger partial charge in [0.25, 0.3) is 5.91 Å². The van der Waals surface area contributed by atoms with E-state index in [4.69, 9.17) is 9.84 Å². The van der Waals surface area contributed by atoms with Crippen LogP contribution >= 0.6 is 0 Å². The standard InChI is InChI=1S/C20H23NO4/c1-20(2,3)17-8-6-5-7-16(17)19(24)21(4)14-9-11-15(12-10-14)25-13-18(22)23/h5-12H,13H2,1-4H3,(H,22,23). The molecule has 0 aromatic heterocycles. The molecular formula is C20H23NO4. The summed E-state index contributed by atoms with van der Waals surface area (Å²) in [6.45, 7) is 5.84. The first-order chi connectivity index (χ1) is 11.7. The van der Waals surface area contributed by atoms with E-state index in [0.29, 0.717) is 17.0 Å². The normalized spacial score (nSPS) is 11.0. The van der Waals surface area contributed by atoms with Crippen molar-refractivity contribution in [3.8, 4) is 5.75 Å². The van der Waals surface area contributed by atoms with Gasteiger partial charge in [-0.15, -0.1) is 0 Å². The Morgan fingerprint density at radius 3 is 2.20 bits per heavy atom. The van der Waals surface area contributed by atoms with Gasteiger partial charge in [-0.05, 0) is 41.3 Å². The first-order valence-electron chi connectivity index (χ1n) is 8.02. The number of rotatable bonds is 5. The number of hydrogen-bond acceptors (Lipinski definition) is 3. The van der Waals surface area contributed by atoms with Crippen LogP contribution in [0.1, 0.15) is 36.7 Å². The van der Waals surface area contributed by atoms with Gasteiger partial charge in [-0.3, -0.25) is 4.79 Å². The molecule has 5 heteroatoms. The molecule has 2 aromatic rings. The molecule has 0 saturated carbocycles. The zero-order chi connectivity index (χ0) is 18.6. The van der Waals surface area contributed by atoms with Gasteiger partial charge < -0.3 is 14.7 Å². The van der Waals surface area contributed by atoms with Crippen molar-refractivity contribution in [1.82, 2.24) is 0 Å². The van der Waals surface area contributed by atoms with Gasteiger partial charge in [-0.25, -0.2) is 4.79 Å². The van der Waals surface area contributed by atoms with Gasteiger partial charge in [0.2, 0.25) is 0 Å². The highest BCUT2D eigenvalue weighted by Gasteiger charge is 2.23. The summed E-state index contributed by atoms with van der Waals surface area (Å²) in [6.07, 6.45) is 0. The molecule has 5 nitrogen and oxygen atoms in total. The summed E-state index contributed by atoms with van der Waals surface area (Å²) in [5.41, 5.74) is 2.23. The minimum atomic E-state index is -1.03. The summed E-state index contributed by atoms with van der Waals surface area (Å²) in [7, 11) is 1.72. The van der Waals surface area contributed by atoms with Gasteiger partial charge in [0, 0.05) is 18.3 Å². The minimum Gasteiger partial charge on any atom is -0.482 e. The first-order valence-corrected chi connectivity index (χ1v) is 8.02. The van der Waals surface area contributed by atoms with Crippen LogP contribution in [-0.2, 0) is 10.2 Å². The molecule has 0 aliphatic heterocycles. The average Bonchev–Trinajstić information content (AvgIpc) is 2.58. The summed E-state index contributed by atoms with van der Waals surface area (Å²) in [5, 5.41) is 8.63. The molecule has 0 heterocycles. The number of aliphatic carboxylic acids is 1. The van der Waals surface area contributed by atoms with E-state index in [2.05, 4.69) is 20.8 Å². The van der Waals surface area contributed by atoms with Gasteiger partial charge in [0.1, 0.15) is 5.75 Å². The van der Waals surface area contributed by atoms with Crippen molar-refractivity contribution in [2.45, 2.75) is 26.2 Å². The molecule has 132 valence electrons. The first kappa shape index (κ1) is 18.5. The number of carboxylic acids is 1. The molecule has 0 aliphatic rings. The number of anilines is 1. The predicted octanol–water partition coefficient (Wildman–Crippen LogP) is 3.72. The molecule has 1 N–H and O–H groups in total. The maximum atomic E-state index is 12.9. The van der Waals surface area contributed by atoms with E-state index in [9.17, 15) is 9.59 Å². The molecule has 0 radical (unpaired) electrons.